The summed E-state index contributed by atoms with van der Waals surface area (Å²) in [5.41, 5.74) is 8.54. The monoisotopic (exact) mass is 291 g/mol. The maximum absolute atomic E-state index is 6.03. The zero-order chi connectivity index (χ0) is 15.2. The van der Waals surface area contributed by atoms with Gasteiger partial charge in [0.15, 0.2) is 0 Å². The molecule has 0 radical (unpaired) electrons. The van der Waals surface area contributed by atoms with Crippen LogP contribution in [0.5, 0.6) is 0 Å². The van der Waals surface area contributed by atoms with E-state index in [0.717, 1.165) is 38.4 Å². The standard InChI is InChI=1S/C17H29N3O/c1-4-16(18)10-15-9-13(2)17(19-11-15)20-7-5-14(6-8-20)12-21-3/h9,11,14,16H,4-8,10,12,18H2,1-3H3. The zero-order valence-corrected chi connectivity index (χ0v) is 13.6. The number of aryl methyl sites for hydroxylation is 1. The number of aromatic nitrogens is 1. The van der Waals surface area contributed by atoms with Gasteiger partial charge in [-0.1, -0.05) is 13.0 Å². The molecule has 0 amide bonds. The van der Waals surface area contributed by atoms with Crippen LogP contribution < -0.4 is 10.6 Å². The third-order valence-electron chi connectivity index (χ3n) is 4.45. The van der Waals surface area contributed by atoms with Gasteiger partial charge in [0.1, 0.15) is 5.82 Å². The summed E-state index contributed by atoms with van der Waals surface area (Å²) in [4.78, 5) is 7.11. The molecule has 2 N–H and O–H groups in total. The molecule has 0 bridgehead atoms. The van der Waals surface area contributed by atoms with Gasteiger partial charge in [-0.15, -0.1) is 0 Å². The summed E-state index contributed by atoms with van der Waals surface area (Å²) in [6, 6.07) is 2.49. The van der Waals surface area contributed by atoms with Gasteiger partial charge in [-0.05, 0) is 49.7 Å². The number of ether oxygens (including phenoxy) is 1. The van der Waals surface area contributed by atoms with Crippen LogP contribution in [0.1, 0.15) is 37.3 Å². The van der Waals surface area contributed by atoms with Crippen molar-refractivity contribution in [3.05, 3.63) is 23.4 Å². The molecule has 1 unspecified atom stereocenters. The summed E-state index contributed by atoms with van der Waals surface area (Å²) in [5.74, 6) is 1.84. The molecular formula is C17H29N3O. The van der Waals surface area contributed by atoms with E-state index in [2.05, 4.69) is 24.8 Å². The highest BCUT2D eigenvalue weighted by atomic mass is 16.5. The highest BCUT2D eigenvalue weighted by Crippen LogP contribution is 2.25. The lowest BCUT2D eigenvalue weighted by atomic mass is 9.97. The fourth-order valence-corrected chi connectivity index (χ4v) is 3.06. The van der Waals surface area contributed by atoms with E-state index in [4.69, 9.17) is 15.5 Å². The van der Waals surface area contributed by atoms with Crippen LogP contribution in [0.25, 0.3) is 0 Å². The Hall–Kier alpha value is -1.13. The van der Waals surface area contributed by atoms with Gasteiger partial charge in [0.25, 0.3) is 0 Å². The number of hydrogen-bond donors (Lipinski definition) is 1. The molecule has 1 atom stereocenters. The molecule has 1 saturated heterocycles. The number of rotatable bonds is 6. The maximum Gasteiger partial charge on any atom is 0.131 e. The van der Waals surface area contributed by atoms with E-state index in [1.807, 2.05) is 6.20 Å². The minimum Gasteiger partial charge on any atom is -0.384 e. The van der Waals surface area contributed by atoms with Gasteiger partial charge in [-0.3, -0.25) is 0 Å². The molecule has 4 heteroatoms. The van der Waals surface area contributed by atoms with Gasteiger partial charge in [-0.2, -0.15) is 0 Å². The molecule has 2 heterocycles. The smallest absolute Gasteiger partial charge is 0.131 e. The van der Waals surface area contributed by atoms with Crippen molar-refractivity contribution in [1.29, 1.82) is 0 Å². The fraction of sp³-hybridized carbons (Fsp3) is 0.706. The quantitative estimate of drug-likeness (QED) is 0.875. The Labute approximate surface area is 128 Å². The Morgan fingerprint density at radius 1 is 1.43 bits per heavy atom. The second-order valence-corrected chi connectivity index (χ2v) is 6.24. The van der Waals surface area contributed by atoms with Crippen LogP contribution in [-0.2, 0) is 11.2 Å². The largest absolute Gasteiger partial charge is 0.384 e. The molecule has 0 aliphatic carbocycles. The average Bonchev–Trinajstić information content (AvgIpc) is 2.49. The molecular weight excluding hydrogens is 262 g/mol. The van der Waals surface area contributed by atoms with E-state index < -0.39 is 0 Å². The van der Waals surface area contributed by atoms with Crippen molar-refractivity contribution in [1.82, 2.24) is 4.98 Å². The molecule has 1 aliphatic heterocycles. The van der Waals surface area contributed by atoms with Crippen LogP contribution in [0.2, 0.25) is 0 Å². The van der Waals surface area contributed by atoms with Crippen molar-refractivity contribution in [2.45, 2.75) is 45.6 Å². The fourth-order valence-electron chi connectivity index (χ4n) is 3.06. The summed E-state index contributed by atoms with van der Waals surface area (Å²) >= 11 is 0. The lowest BCUT2D eigenvalue weighted by Crippen LogP contribution is -2.36. The van der Waals surface area contributed by atoms with Crippen molar-refractivity contribution >= 4 is 5.82 Å². The number of hydrogen-bond acceptors (Lipinski definition) is 4. The molecule has 118 valence electrons. The summed E-state index contributed by atoms with van der Waals surface area (Å²) in [6.07, 6.45) is 6.31. The molecule has 1 aromatic rings. The van der Waals surface area contributed by atoms with Crippen LogP contribution in [0.4, 0.5) is 5.82 Å². The summed E-state index contributed by atoms with van der Waals surface area (Å²) in [6.45, 7) is 7.33. The first-order valence-corrected chi connectivity index (χ1v) is 8.09. The van der Waals surface area contributed by atoms with Crippen LogP contribution in [0, 0.1) is 12.8 Å². The average molecular weight is 291 g/mol. The van der Waals surface area contributed by atoms with Gasteiger partial charge in [0.2, 0.25) is 0 Å². The number of piperidine rings is 1. The van der Waals surface area contributed by atoms with Crippen LogP contribution in [0.3, 0.4) is 0 Å². The van der Waals surface area contributed by atoms with Crippen LogP contribution in [0.15, 0.2) is 12.3 Å². The minimum atomic E-state index is 0.238. The summed E-state index contributed by atoms with van der Waals surface area (Å²) < 4.78 is 5.26. The normalized spacial score (nSPS) is 18.0. The van der Waals surface area contributed by atoms with E-state index in [9.17, 15) is 0 Å². The number of methoxy groups -OCH3 is 1. The van der Waals surface area contributed by atoms with Gasteiger partial charge in [0, 0.05) is 39.0 Å². The van der Waals surface area contributed by atoms with Crippen molar-refractivity contribution in [2.24, 2.45) is 11.7 Å². The zero-order valence-electron chi connectivity index (χ0n) is 13.6. The lowest BCUT2D eigenvalue weighted by Gasteiger charge is -2.33. The number of pyridine rings is 1. The third-order valence-corrected chi connectivity index (χ3v) is 4.45. The Bertz CT molecular complexity index is 442. The molecule has 0 aromatic carbocycles. The lowest BCUT2D eigenvalue weighted by molar-refractivity contribution is 0.139. The molecule has 21 heavy (non-hydrogen) atoms. The Kier molecular flexibility index (Phi) is 6.00. The van der Waals surface area contributed by atoms with E-state index in [-0.39, 0.29) is 6.04 Å². The van der Waals surface area contributed by atoms with Gasteiger partial charge >= 0.3 is 0 Å². The van der Waals surface area contributed by atoms with E-state index in [0.29, 0.717) is 5.92 Å². The second kappa shape index (κ2) is 7.76. The minimum absolute atomic E-state index is 0.238. The topological polar surface area (TPSA) is 51.4 Å². The first-order valence-electron chi connectivity index (χ1n) is 8.09. The van der Waals surface area contributed by atoms with Crippen LogP contribution in [-0.4, -0.2) is 37.8 Å². The first-order chi connectivity index (χ1) is 10.1. The molecule has 1 fully saturated rings. The predicted molar refractivity (Wildman–Crippen MR) is 87.8 cm³/mol. The van der Waals surface area contributed by atoms with E-state index in [1.165, 1.54) is 24.0 Å². The molecule has 0 saturated carbocycles. The highest BCUT2D eigenvalue weighted by molar-refractivity contribution is 5.47. The van der Waals surface area contributed by atoms with Gasteiger partial charge in [0.05, 0.1) is 0 Å². The van der Waals surface area contributed by atoms with Crippen LogP contribution >= 0.6 is 0 Å². The maximum atomic E-state index is 6.03. The first kappa shape index (κ1) is 16.2. The van der Waals surface area contributed by atoms with Crippen molar-refractivity contribution in [3.63, 3.8) is 0 Å². The van der Waals surface area contributed by atoms with Crippen molar-refractivity contribution < 1.29 is 4.74 Å². The number of anilines is 1. The SMILES string of the molecule is CCC(N)Cc1cnc(N2CCC(COC)CC2)c(C)c1. The summed E-state index contributed by atoms with van der Waals surface area (Å²) in [7, 11) is 1.79. The number of nitrogens with zero attached hydrogens (tertiary/aromatic N) is 2. The Morgan fingerprint density at radius 2 is 2.14 bits per heavy atom. The third kappa shape index (κ3) is 4.42. The van der Waals surface area contributed by atoms with E-state index in [1.54, 1.807) is 7.11 Å². The number of nitrogens with two attached hydrogens (primary N) is 1. The van der Waals surface area contributed by atoms with Crippen molar-refractivity contribution in [2.75, 3.05) is 31.7 Å². The summed E-state index contributed by atoms with van der Waals surface area (Å²) in [5, 5.41) is 0. The molecule has 2 rings (SSSR count). The molecule has 1 aromatic heterocycles. The predicted octanol–water partition coefficient (Wildman–Crippen LogP) is 2.53. The second-order valence-electron chi connectivity index (χ2n) is 6.24. The molecule has 1 aliphatic rings. The van der Waals surface area contributed by atoms with Crippen molar-refractivity contribution in [3.8, 4) is 0 Å². The highest BCUT2D eigenvalue weighted by Gasteiger charge is 2.21. The molecule has 4 nitrogen and oxygen atoms in total. The van der Waals surface area contributed by atoms with E-state index >= 15 is 0 Å². The van der Waals surface area contributed by atoms with Gasteiger partial charge < -0.3 is 15.4 Å². The Morgan fingerprint density at radius 3 is 2.71 bits per heavy atom. The Balaban J connectivity index is 1.98. The molecule has 0 spiro atoms. The van der Waals surface area contributed by atoms with Gasteiger partial charge in [-0.25, -0.2) is 4.98 Å².